The summed E-state index contributed by atoms with van der Waals surface area (Å²) in [6, 6.07) is 9.64. The first-order valence-corrected chi connectivity index (χ1v) is 10.0. The summed E-state index contributed by atoms with van der Waals surface area (Å²) in [6.07, 6.45) is 1.77. The van der Waals surface area contributed by atoms with Gasteiger partial charge in [-0.1, -0.05) is 24.3 Å². The van der Waals surface area contributed by atoms with Gasteiger partial charge < -0.3 is 5.11 Å². The van der Waals surface area contributed by atoms with Gasteiger partial charge in [0.25, 0.3) is 10.0 Å². The molecule has 0 unspecified atom stereocenters. The normalized spacial score (nSPS) is 19.3. The molecule has 4 nitrogen and oxygen atoms in total. The molecule has 0 spiro atoms. The number of sulfonamides is 1. The Morgan fingerprint density at radius 1 is 1.26 bits per heavy atom. The molecule has 3 rings (SSSR count). The number of nitrogens with zero attached hydrogens (tertiary/aromatic N) is 1. The third kappa shape index (κ3) is 3.66. The van der Waals surface area contributed by atoms with E-state index in [1.165, 1.54) is 16.9 Å². The summed E-state index contributed by atoms with van der Waals surface area (Å²) in [6.45, 7) is 3.15. The van der Waals surface area contributed by atoms with Crippen molar-refractivity contribution in [3.63, 3.8) is 0 Å². The van der Waals surface area contributed by atoms with E-state index in [4.69, 9.17) is 5.11 Å². The van der Waals surface area contributed by atoms with Crippen LogP contribution in [0.15, 0.2) is 39.9 Å². The van der Waals surface area contributed by atoms with Crippen molar-refractivity contribution in [2.45, 2.75) is 30.6 Å². The lowest BCUT2D eigenvalue weighted by Gasteiger charge is -2.15. The van der Waals surface area contributed by atoms with Crippen LogP contribution in [-0.4, -0.2) is 30.9 Å². The zero-order valence-electron chi connectivity index (χ0n) is 13.1. The zero-order valence-corrected chi connectivity index (χ0v) is 14.7. The van der Waals surface area contributed by atoms with Gasteiger partial charge in [0.2, 0.25) is 0 Å². The smallest absolute Gasteiger partial charge is 0.252 e. The number of hydrogen-bond donors (Lipinski definition) is 1. The van der Waals surface area contributed by atoms with Crippen LogP contribution in [0.5, 0.6) is 0 Å². The molecule has 0 saturated carbocycles. The highest BCUT2D eigenvalue weighted by molar-refractivity contribution is 7.91. The SMILES string of the molecule is Cc1csc(S(=O)(=O)N2CC[C@H](Cc3ccc(CO)cc3)C2)c1. The van der Waals surface area contributed by atoms with E-state index in [2.05, 4.69) is 0 Å². The highest BCUT2D eigenvalue weighted by Crippen LogP contribution is 2.29. The third-order valence-corrected chi connectivity index (χ3v) is 7.68. The van der Waals surface area contributed by atoms with E-state index in [1.54, 1.807) is 10.4 Å². The van der Waals surface area contributed by atoms with Crippen molar-refractivity contribution in [2.24, 2.45) is 5.92 Å². The van der Waals surface area contributed by atoms with Crippen molar-refractivity contribution >= 4 is 21.4 Å². The Hall–Kier alpha value is -1.21. The van der Waals surface area contributed by atoms with Crippen LogP contribution in [0, 0.1) is 12.8 Å². The lowest BCUT2D eigenvalue weighted by atomic mass is 9.98. The van der Waals surface area contributed by atoms with E-state index in [0.29, 0.717) is 23.2 Å². The van der Waals surface area contributed by atoms with E-state index < -0.39 is 10.0 Å². The van der Waals surface area contributed by atoms with Gasteiger partial charge in [-0.2, -0.15) is 4.31 Å². The van der Waals surface area contributed by atoms with Crippen LogP contribution < -0.4 is 0 Å². The minimum Gasteiger partial charge on any atom is -0.392 e. The summed E-state index contributed by atoms with van der Waals surface area (Å²) in [4.78, 5) is 0. The van der Waals surface area contributed by atoms with Crippen LogP contribution in [0.25, 0.3) is 0 Å². The number of hydrogen-bond acceptors (Lipinski definition) is 4. The standard InChI is InChI=1S/C17H21NO3S2/c1-13-8-17(22-12-13)23(20,21)18-7-6-16(10-18)9-14-2-4-15(11-19)5-3-14/h2-5,8,12,16,19H,6-7,9-11H2,1H3/t16-/m1/s1. The lowest BCUT2D eigenvalue weighted by molar-refractivity contribution is 0.282. The molecule has 23 heavy (non-hydrogen) atoms. The van der Waals surface area contributed by atoms with E-state index in [1.807, 2.05) is 36.6 Å². The quantitative estimate of drug-likeness (QED) is 0.901. The Morgan fingerprint density at radius 2 is 1.96 bits per heavy atom. The van der Waals surface area contributed by atoms with Crippen LogP contribution in [0.1, 0.15) is 23.1 Å². The van der Waals surface area contributed by atoms with Crippen LogP contribution in [-0.2, 0) is 23.1 Å². The molecular formula is C17H21NO3S2. The van der Waals surface area contributed by atoms with Crippen LogP contribution >= 0.6 is 11.3 Å². The van der Waals surface area contributed by atoms with Gasteiger partial charge in [-0.25, -0.2) is 8.42 Å². The fourth-order valence-corrected chi connectivity index (χ4v) is 5.88. The first-order valence-electron chi connectivity index (χ1n) is 7.73. The minimum atomic E-state index is -3.33. The predicted octanol–water partition coefficient (Wildman–Crippen LogP) is 2.80. The zero-order chi connectivity index (χ0) is 16.4. The summed E-state index contributed by atoms with van der Waals surface area (Å²) in [7, 11) is -3.33. The van der Waals surface area contributed by atoms with E-state index in [9.17, 15) is 8.42 Å². The Labute approximate surface area is 141 Å². The number of thiophene rings is 1. The number of aliphatic hydroxyl groups is 1. The number of aryl methyl sites for hydroxylation is 1. The van der Waals surface area contributed by atoms with Gasteiger partial charge in [-0.05, 0) is 53.8 Å². The first-order chi connectivity index (χ1) is 11.0. The summed E-state index contributed by atoms with van der Waals surface area (Å²) in [5, 5.41) is 11.0. The minimum absolute atomic E-state index is 0.0515. The maximum atomic E-state index is 12.6. The van der Waals surface area contributed by atoms with Gasteiger partial charge in [0.15, 0.2) is 0 Å². The van der Waals surface area contributed by atoms with Crippen LogP contribution in [0.3, 0.4) is 0 Å². The van der Waals surface area contributed by atoms with Gasteiger partial charge in [0, 0.05) is 13.1 Å². The second-order valence-corrected chi connectivity index (χ2v) is 9.22. The number of rotatable bonds is 5. The topological polar surface area (TPSA) is 57.6 Å². The maximum absolute atomic E-state index is 12.6. The Kier molecular flexibility index (Phi) is 4.87. The average Bonchev–Trinajstić information content (AvgIpc) is 3.18. The summed E-state index contributed by atoms with van der Waals surface area (Å²) >= 11 is 1.30. The van der Waals surface area contributed by atoms with Crippen molar-refractivity contribution in [3.05, 3.63) is 52.4 Å². The monoisotopic (exact) mass is 351 g/mol. The first kappa shape index (κ1) is 16.6. The molecule has 2 aromatic rings. The molecule has 1 aromatic heterocycles. The summed E-state index contributed by atoms with van der Waals surface area (Å²) in [5.41, 5.74) is 3.09. The van der Waals surface area contributed by atoms with Crippen LogP contribution in [0.2, 0.25) is 0 Å². The van der Waals surface area contributed by atoms with Gasteiger partial charge in [0.05, 0.1) is 6.61 Å². The molecule has 0 aliphatic carbocycles. The molecule has 0 amide bonds. The molecule has 1 fully saturated rings. The van der Waals surface area contributed by atoms with E-state index in [0.717, 1.165) is 24.0 Å². The molecule has 124 valence electrons. The highest BCUT2D eigenvalue weighted by Gasteiger charge is 2.33. The molecule has 1 aromatic carbocycles. The number of benzene rings is 1. The Bertz CT molecular complexity index is 765. The second-order valence-electron chi connectivity index (χ2n) is 6.14. The molecule has 0 radical (unpaired) electrons. The molecular weight excluding hydrogens is 330 g/mol. The van der Waals surface area contributed by atoms with E-state index >= 15 is 0 Å². The van der Waals surface area contributed by atoms with Gasteiger partial charge >= 0.3 is 0 Å². The fourth-order valence-electron chi connectivity index (χ4n) is 2.96. The molecule has 1 saturated heterocycles. The predicted molar refractivity (Wildman–Crippen MR) is 92.0 cm³/mol. The van der Waals surface area contributed by atoms with Crippen molar-refractivity contribution < 1.29 is 13.5 Å². The lowest BCUT2D eigenvalue weighted by Crippen LogP contribution is -2.28. The van der Waals surface area contributed by atoms with Gasteiger partial charge in [-0.3, -0.25) is 0 Å². The third-order valence-electron chi connectivity index (χ3n) is 4.28. The number of aliphatic hydroxyl groups excluding tert-OH is 1. The van der Waals surface area contributed by atoms with Crippen molar-refractivity contribution in [2.75, 3.05) is 13.1 Å². The molecule has 1 N–H and O–H groups in total. The maximum Gasteiger partial charge on any atom is 0.252 e. The molecule has 2 heterocycles. The molecule has 1 aliphatic heterocycles. The molecule has 0 bridgehead atoms. The van der Waals surface area contributed by atoms with Gasteiger partial charge in [-0.15, -0.1) is 11.3 Å². The second kappa shape index (κ2) is 6.73. The average molecular weight is 351 g/mol. The Morgan fingerprint density at radius 3 is 2.57 bits per heavy atom. The van der Waals surface area contributed by atoms with Crippen molar-refractivity contribution in [3.8, 4) is 0 Å². The highest BCUT2D eigenvalue weighted by atomic mass is 32.2. The van der Waals surface area contributed by atoms with Gasteiger partial charge in [0.1, 0.15) is 4.21 Å². The molecule has 1 aliphatic rings. The molecule has 1 atom stereocenters. The molecule has 6 heteroatoms. The van der Waals surface area contributed by atoms with Crippen molar-refractivity contribution in [1.82, 2.24) is 4.31 Å². The fraction of sp³-hybridized carbons (Fsp3) is 0.412. The van der Waals surface area contributed by atoms with Crippen LogP contribution in [0.4, 0.5) is 0 Å². The summed E-state index contributed by atoms with van der Waals surface area (Å²) in [5.74, 6) is 0.353. The van der Waals surface area contributed by atoms with E-state index in [-0.39, 0.29) is 6.61 Å². The summed E-state index contributed by atoms with van der Waals surface area (Å²) < 4.78 is 27.3. The largest absolute Gasteiger partial charge is 0.392 e. The van der Waals surface area contributed by atoms with Crippen molar-refractivity contribution in [1.29, 1.82) is 0 Å². The Balaban J connectivity index is 1.66.